The Kier molecular flexibility index (Phi) is 5.36. The average Bonchev–Trinajstić information content (AvgIpc) is 3.19. The summed E-state index contributed by atoms with van der Waals surface area (Å²) in [4.78, 5) is 36.7. The van der Waals surface area contributed by atoms with Crippen LogP contribution in [0.1, 0.15) is 50.9 Å². The molecule has 0 saturated heterocycles. The molecule has 0 bridgehead atoms. The number of carbonyl (C=O) groups excluding carboxylic acids is 2. The van der Waals surface area contributed by atoms with Crippen LogP contribution >= 0.6 is 11.3 Å². The molecule has 1 aliphatic carbocycles. The highest BCUT2D eigenvalue weighted by Crippen LogP contribution is 2.38. The summed E-state index contributed by atoms with van der Waals surface area (Å²) in [6, 6.07) is 0. The van der Waals surface area contributed by atoms with Crippen LogP contribution in [-0.2, 0) is 28.9 Å². The summed E-state index contributed by atoms with van der Waals surface area (Å²) >= 11 is 1.41. The first-order chi connectivity index (χ1) is 12.5. The minimum absolute atomic E-state index is 0.0107. The molecule has 2 heterocycles. The van der Waals surface area contributed by atoms with Crippen molar-refractivity contribution >= 4 is 34.2 Å². The number of thiophene rings is 1. The zero-order chi connectivity index (χ0) is 18.7. The van der Waals surface area contributed by atoms with Gasteiger partial charge in [0.2, 0.25) is 5.91 Å². The van der Waals surface area contributed by atoms with E-state index >= 15 is 0 Å². The van der Waals surface area contributed by atoms with Crippen LogP contribution in [-0.4, -0.2) is 39.3 Å². The van der Waals surface area contributed by atoms with Gasteiger partial charge in [0.15, 0.2) is 0 Å². The Morgan fingerprint density at radius 1 is 1.35 bits per heavy atom. The standard InChI is InChI=1S/C17H19N3O5S/c1-2-25-17(24)14-11-5-3-4-6-12(11)26-15(14)19-13(21)9-20-8-10(7-18-20)16(22)23/h7-8H,2-6,9H2,1H3,(H,19,21)(H,22,23). The van der Waals surface area contributed by atoms with Gasteiger partial charge >= 0.3 is 11.9 Å². The molecule has 0 unspecified atom stereocenters. The van der Waals surface area contributed by atoms with Crippen LogP contribution in [0.4, 0.5) is 5.00 Å². The van der Waals surface area contributed by atoms with Crippen LogP contribution in [0.25, 0.3) is 0 Å². The van der Waals surface area contributed by atoms with Crippen molar-refractivity contribution in [3.05, 3.63) is 34.0 Å². The highest BCUT2D eigenvalue weighted by atomic mass is 32.1. The first-order valence-electron chi connectivity index (χ1n) is 8.36. The largest absolute Gasteiger partial charge is 0.478 e. The number of carboxylic acid groups (broad SMARTS) is 1. The molecule has 0 atom stereocenters. The van der Waals surface area contributed by atoms with Gasteiger partial charge in [0.25, 0.3) is 0 Å². The molecule has 0 aliphatic heterocycles. The highest BCUT2D eigenvalue weighted by Gasteiger charge is 2.27. The van der Waals surface area contributed by atoms with Crippen molar-refractivity contribution in [1.29, 1.82) is 0 Å². The van der Waals surface area contributed by atoms with Crippen LogP contribution in [0.15, 0.2) is 12.4 Å². The lowest BCUT2D eigenvalue weighted by atomic mass is 9.95. The maximum Gasteiger partial charge on any atom is 0.341 e. The van der Waals surface area contributed by atoms with E-state index in [9.17, 15) is 14.4 Å². The summed E-state index contributed by atoms with van der Waals surface area (Å²) in [6.07, 6.45) is 6.24. The van der Waals surface area contributed by atoms with E-state index in [4.69, 9.17) is 9.84 Å². The molecular weight excluding hydrogens is 358 g/mol. The topological polar surface area (TPSA) is 111 Å². The van der Waals surface area contributed by atoms with Gasteiger partial charge in [-0.25, -0.2) is 9.59 Å². The number of hydrogen-bond acceptors (Lipinski definition) is 6. The maximum absolute atomic E-state index is 12.4. The van der Waals surface area contributed by atoms with E-state index in [1.165, 1.54) is 28.4 Å². The SMILES string of the molecule is CCOC(=O)c1c(NC(=O)Cn2cc(C(=O)O)cn2)sc2c1CCCC2. The van der Waals surface area contributed by atoms with Crippen molar-refractivity contribution in [1.82, 2.24) is 9.78 Å². The van der Waals surface area contributed by atoms with Gasteiger partial charge in [-0.1, -0.05) is 0 Å². The second kappa shape index (κ2) is 7.69. The molecule has 1 aliphatic rings. The predicted molar refractivity (Wildman–Crippen MR) is 94.7 cm³/mol. The average molecular weight is 377 g/mol. The Hall–Kier alpha value is -2.68. The minimum Gasteiger partial charge on any atom is -0.478 e. The van der Waals surface area contributed by atoms with E-state index in [2.05, 4.69) is 10.4 Å². The van der Waals surface area contributed by atoms with Gasteiger partial charge in [-0.2, -0.15) is 5.10 Å². The monoisotopic (exact) mass is 377 g/mol. The molecule has 3 rings (SSSR count). The molecule has 0 fully saturated rings. The Labute approximate surface area is 153 Å². The normalized spacial score (nSPS) is 13.1. The number of rotatable bonds is 6. The van der Waals surface area contributed by atoms with Crippen molar-refractivity contribution in [2.75, 3.05) is 11.9 Å². The molecule has 2 N–H and O–H groups in total. The van der Waals surface area contributed by atoms with Gasteiger partial charge in [0, 0.05) is 11.1 Å². The first-order valence-corrected chi connectivity index (χ1v) is 9.18. The molecule has 0 spiro atoms. The zero-order valence-corrected chi connectivity index (χ0v) is 15.1. The zero-order valence-electron chi connectivity index (χ0n) is 14.3. The van der Waals surface area contributed by atoms with Crippen molar-refractivity contribution in [2.24, 2.45) is 0 Å². The van der Waals surface area contributed by atoms with Crippen LogP contribution in [0, 0.1) is 0 Å². The molecule has 138 valence electrons. The highest BCUT2D eigenvalue weighted by molar-refractivity contribution is 7.17. The lowest BCUT2D eigenvalue weighted by Crippen LogP contribution is -2.20. The molecule has 0 radical (unpaired) electrons. The van der Waals surface area contributed by atoms with Crippen molar-refractivity contribution in [3.63, 3.8) is 0 Å². The van der Waals surface area contributed by atoms with E-state index in [1.807, 2.05) is 0 Å². The summed E-state index contributed by atoms with van der Waals surface area (Å²) in [5.41, 5.74) is 1.44. The fourth-order valence-electron chi connectivity index (χ4n) is 2.95. The third kappa shape index (κ3) is 3.77. The molecule has 2 aromatic rings. The number of fused-ring (bicyclic) bond motifs is 1. The van der Waals surface area contributed by atoms with E-state index in [0.29, 0.717) is 10.6 Å². The van der Waals surface area contributed by atoms with E-state index < -0.39 is 11.9 Å². The van der Waals surface area contributed by atoms with Crippen molar-refractivity contribution < 1.29 is 24.2 Å². The Balaban J connectivity index is 1.79. The number of nitrogens with one attached hydrogen (secondary N) is 1. The van der Waals surface area contributed by atoms with E-state index in [1.54, 1.807) is 6.92 Å². The van der Waals surface area contributed by atoms with E-state index in [-0.39, 0.29) is 24.6 Å². The number of esters is 1. The minimum atomic E-state index is -1.10. The predicted octanol–water partition coefficient (Wildman–Crippen LogP) is 2.34. The van der Waals surface area contributed by atoms with Gasteiger partial charge < -0.3 is 15.2 Å². The third-order valence-electron chi connectivity index (χ3n) is 4.09. The summed E-state index contributed by atoms with van der Waals surface area (Å²) in [5, 5.41) is 16.0. The number of amides is 1. The van der Waals surface area contributed by atoms with Gasteiger partial charge in [-0.3, -0.25) is 9.48 Å². The van der Waals surface area contributed by atoms with Gasteiger partial charge in [-0.15, -0.1) is 11.3 Å². The molecule has 2 aromatic heterocycles. The van der Waals surface area contributed by atoms with E-state index in [0.717, 1.165) is 36.1 Å². The Morgan fingerprint density at radius 2 is 2.12 bits per heavy atom. The van der Waals surface area contributed by atoms with Gasteiger partial charge in [0.05, 0.1) is 23.9 Å². The Bertz CT molecular complexity index is 855. The van der Waals surface area contributed by atoms with Crippen LogP contribution < -0.4 is 5.32 Å². The fraction of sp³-hybridized carbons (Fsp3) is 0.412. The van der Waals surface area contributed by atoms with Crippen LogP contribution in [0.2, 0.25) is 0 Å². The summed E-state index contributed by atoms with van der Waals surface area (Å²) in [5.74, 6) is -1.91. The number of carboxylic acids is 1. The number of carbonyl (C=O) groups is 3. The lowest BCUT2D eigenvalue weighted by Gasteiger charge is -2.12. The third-order valence-corrected chi connectivity index (χ3v) is 5.30. The summed E-state index contributed by atoms with van der Waals surface area (Å²) in [7, 11) is 0. The van der Waals surface area contributed by atoms with Gasteiger partial charge in [0.1, 0.15) is 11.5 Å². The second-order valence-corrected chi connectivity index (χ2v) is 7.02. The molecular formula is C17H19N3O5S. The number of aromatic carboxylic acids is 1. The molecule has 1 amide bonds. The second-order valence-electron chi connectivity index (χ2n) is 5.92. The number of ether oxygens (including phenoxy) is 1. The summed E-state index contributed by atoms with van der Waals surface area (Å²) < 4.78 is 6.40. The molecule has 8 nitrogen and oxygen atoms in total. The molecule has 9 heteroatoms. The van der Waals surface area contributed by atoms with Crippen LogP contribution in [0.5, 0.6) is 0 Å². The number of hydrogen-bond donors (Lipinski definition) is 2. The number of aromatic nitrogens is 2. The first kappa shape index (κ1) is 18.1. The number of nitrogens with zero attached hydrogens (tertiary/aromatic N) is 2. The number of anilines is 1. The number of aryl methyl sites for hydroxylation is 1. The van der Waals surface area contributed by atoms with Crippen molar-refractivity contribution in [3.8, 4) is 0 Å². The quantitative estimate of drug-likeness (QED) is 0.748. The lowest BCUT2D eigenvalue weighted by molar-refractivity contribution is -0.116. The summed E-state index contributed by atoms with van der Waals surface area (Å²) in [6.45, 7) is 1.87. The van der Waals surface area contributed by atoms with Gasteiger partial charge in [-0.05, 0) is 38.2 Å². The maximum atomic E-state index is 12.4. The molecule has 0 saturated carbocycles. The Morgan fingerprint density at radius 3 is 2.81 bits per heavy atom. The van der Waals surface area contributed by atoms with Crippen molar-refractivity contribution in [2.45, 2.75) is 39.2 Å². The molecule has 0 aromatic carbocycles. The van der Waals surface area contributed by atoms with Crippen LogP contribution in [0.3, 0.4) is 0 Å². The fourth-order valence-corrected chi connectivity index (χ4v) is 4.24. The smallest absolute Gasteiger partial charge is 0.341 e. The molecule has 26 heavy (non-hydrogen) atoms.